The van der Waals surface area contributed by atoms with Crippen LogP contribution in [-0.2, 0) is 20.7 Å². The molecule has 0 fully saturated rings. The molecule has 1 aliphatic rings. The zero-order valence-corrected chi connectivity index (χ0v) is 11.5. The van der Waals surface area contributed by atoms with E-state index in [-0.39, 0.29) is 6.61 Å². The fraction of sp³-hybridized carbons (Fsp3) is 0.357. The Balaban J connectivity index is 1.82. The number of carbonyl (C=O) groups excluding carboxylic acids is 3. The average molecular weight is 292 g/mol. The van der Waals surface area contributed by atoms with Crippen LogP contribution in [0.3, 0.4) is 0 Å². The first-order valence-corrected chi connectivity index (χ1v) is 6.49. The van der Waals surface area contributed by atoms with E-state index in [1.54, 1.807) is 0 Å². The summed E-state index contributed by atoms with van der Waals surface area (Å²) in [6, 6.07) is 6.81. The third-order valence-electron chi connectivity index (χ3n) is 3.04. The molecule has 0 aromatic heterocycles. The highest BCUT2D eigenvalue weighted by atomic mass is 16.5. The molecule has 0 bridgehead atoms. The predicted molar refractivity (Wildman–Crippen MR) is 72.7 cm³/mol. The Kier molecular flexibility index (Phi) is 4.76. The van der Waals surface area contributed by atoms with E-state index in [2.05, 4.69) is 5.32 Å². The minimum absolute atomic E-state index is 0.215. The second-order valence-corrected chi connectivity index (χ2v) is 4.55. The Hall–Kier alpha value is -2.57. The molecule has 1 aliphatic heterocycles. The highest BCUT2D eigenvalue weighted by Crippen LogP contribution is 2.27. The minimum Gasteiger partial charge on any atom is -0.492 e. The third kappa shape index (κ3) is 3.95. The second kappa shape index (κ2) is 6.74. The molecule has 112 valence electrons. The highest BCUT2D eigenvalue weighted by Gasteiger charge is 2.27. The summed E-state index contributed by atoms with van der Waals surface area (Å²) in [6.07, 6.45) is 0.506. The van der Waals surface area contributed by atoms with Gasteiger partial charge >= 0.3 is 12.0 Å². The lowest BCUT2D eigenvalue weighted by Crippen LogP contribution is -2.40. The Morgan fingerprint density at radius 1 is 1.33 bits per heavy atom. The van der Waals surface area contributed by atoms with Crippen LogP contribution in [-0.4, -0.2) is 38.2 Å². The number of amides is 3. The van der Waals surface area contributed by atoms with E-state index in [1.165, 1.54) is 7.05 Å². The van der Waals surface area contributed by atoms with E-state index in [1.807, 2.05) is 29.6 Å². The van der Waals surface area contributed by atoms with Gasteiger partial charge in [0.05, 0.1) is 5.92 Å². The van der Waals surface area contributed by atoms with Gasteiger partial charge in [-0.05, 0) is 18.1 Å². The molecule has 1 atom stereocenters. The van der Waals surface area contributed by atoms with Crippen molar-refractivity contribution in [2.24, 2.45) is 5.92 Å². The molecular weight excluding hydrogens is 276 g/mol. The molecule has 3 amide bonds. The van der Waals surface area contributed by atoms with Crippen LogP contribution in [0.15, 0.2) is 24.3 Å². The molecule has 1 heterocycles. The molecule has 2 rings (SSSR count). The maximum atomic E-state index is 11.9. The molecule has 7 heteroatoms. The van der Waals surface area contributed by atoms with Gasteiger partial charge in [-0.1, -0.05) is 18.2 Å². The first-order chi connectivity index (χ1) is 10.1. The zero-order valence-electron chi connectivity index (χ0n) is 11.5. The summed E-state index contributed by atoms with van der Waals surface area (Å²) >= 11 is 0. The van der Waals surface area contributed by atoms with E-state index in [0.717, 1.165) is 11.3 Å². The van der Waals surface area contributed by atoms with E-state index in [9.17, 15) is 14.4 Å². The lowest BCUT2D eigenvalue weighted by Gasteiger charge is -2.23. The lowest BCUT2D eigenvalue weighted by molar-refractivity contribution is -0.153. The number of ether oxygens (including phenoxy) is 2. The van der Waals surface area contributed by atoms with Crippen LogP contribution < -0.4 is 15.4 Å². The van der Waals surface area contributed by atoms with Crippen molar-refractivity contribution in [2.75, 3.05) is 20.3 Å². The summed E-state index contributed by atoms with van der Waals surface area (Å²) in [5.41, 5.74) is 0.931. The number of nitrogens with one attached hydrogen (secondary N) is 2. The molecule has 2 N–H and O–H groups in total. The van der Waals surface area contributed by atoms with Gasteiger partial charge in [0, 0.05) is 7.05 Å². The van der Waals surface area contributed by atoms with Crippen LogP contribution in [0.25, 0.3) is 0 Å². The molecule has 0 saturated carbocycles. The van der Waals surface area contributed by atoms with Crippen molar-refractivity contribution in [3.63, 3.8) is 0 Å². The average Bonchev–Trinajstić information content (AvgIpc) is 2.51. The molecular formula is C14H16N2O5. The summed E-state index contributed by atoms with van der Waals surface area (Å²) in [4.78, 5) is 34.1. The number of benzene rings is 1. The fourth-order valence-electron chi connectivity index (χ4n) is 1.96. The van der Waals surface area contributed by atoms with Crippen LogP contribution in [0.2, 0.25) is 0 Å². The Morgan fingerprint density at radius 2 is 2.10 bits per heavy atom. The quantitative estimate of drug-likeness (QED) is 0.778. The van der Waals surface area contributed by atoms with E-state index >= 15 is 0 Å². The van der Waals surface area contributed by atoms with Crippen LogP contribution in [0.5, 0.6) is 5.75 Å². The summed E-state index contributed by atoms with van der Waals surface area (Å²) in [5.74, 6) is -0.886. The fourth-order valence-corrected chi connectivity index (χ4v) is 1.96. The number of carbonyl (C=O) groups is 3. The molecule has 0 aliphatic carbocycles. The molecule has 1 aromatic carbocycles. The van der Waals surface area contributed by atoms with E-state index in [0.29, 0.717) is 6.42 Å². The number of rotatable bonds is 3. The topological polar surface area (TPSA) is 93.7 Å². The Labute approximate surface area is 121 Å². The smallest absolute Gasteiger partial charge is 0.321 e. The maximum absolute atomic E-state index is 11.9. The maximum Gasteiger partial charge on any atom is 0.321 e. The first-order valence-electron chi connectivity index (χ1n) is 6.49. The van der Waals surface area contributed by atoms with Crippen molar-refractivity contribution in [1.29, 1.82) is 0 Å². The summed E-state index contributed by atoms with van der Waals surface area (Å²) in [5, 5.41) is 4.23. The standard InChI is InChI=1S/C14H16N2O5/c1-15-14(19)16-12(17)8-21-13(18)10-6-9-4-2-3-5-11(9)20-7-10/h2-5,10H,6-8H2,1H3,(H2,15,16,17,19). The van der Waals surface area contributed by atoms with Gasteiger partial charge < -0.3 is 14.8 Å². The van der Waals surface area contributed by atoms with Crippen molar-refractivity contribution in [3.8, 4) is 5.75 Å². The molecule has 0 saturated heterocycles. The number of hydrogen-bond donors (Lipinski definition) is 2. The van der Waals surface area contributed by atoms with Crippen LogP contribution in [0.4, 0.5) is 4.79 Å². The van der Waals surface area contributed by atoms with Crippen LogP contribution >= 0.6 is 0 Å². The third-order valence-corrected chi connectivity index (χ3v) is 3.04. The summed E-state index contributed by atoms with van der Waals surface area (Å²) < 4.78 is 10.4. The van der Waals surface area contributed by atoms with Crippen LogP contribution in [0.1, 0.15) is 5.56 Å². The molecule has 1 aromatic rings. The van der Waals surface area contributed by atoms with Crippen molar-refractivity contribution < 1.29 is 23.9 Å². The predicted octanol–water partition coefficient (Wildman–Crippen LogP) is 0.237. The SMILES string of the molecule is CNC(=O)NC(=O)COC(=O)C1COc2ccccc2C1. The molecule has 1 unspecified atom stereocenters. The van der Waals surface area contributed by atoms with Crippen molar-refractivity contribution in [3.05, 3.63) is 29.8 Å². The van der Waals surface area contributed by atoms with Gasteiger partial charge in [0.15, 0.2) is 6.61 Å². The Bertz CT molecular complexity index is 558. The number of esters is 1. The number of imide groups is 1. The van der Waals surface area contributed by atoms with Gasteiger partial charge in [0.1, 0.15) is 12.4 Å². The van der Waals surface area contributed by atoms with Gasteiger partial charge in [-0.2, -0.15) is 0 Å². The number of fused-ring (bicyclic) bond motifs is 1. The highest BCUT2D eigenvalue weighted by molar-refractivity contribution is 5.95. The largest absolute Gasteiger partial charge is 0.492 e. The number of urea groups is 1. The van der Waals surface area contributed by atoms with E-state index in [4.69, 9.17) is 9.47 Å². The van der Waals surface area contributed by atoms with Gasteiger partial charge in [-0.15, -0.1) is 0 Å². The van der Waals surface area contributed by atoms with Gasteiger partial charge in [0.2, 0.25) is 0 Å². The van der Waals surface area contributed by atoms with E-state index < -0.39 is 30.4 Å². The second-order valence-electron chi connectivity index (χ2n) is 4.55. The van der Waals surface area contributed by atoms with Crippen molar-refractivity contribution in [2.45, 2.75) is 6.42 Å². The van der Waals surface area contributed by atoms with Gasteiger partial charge in [-0.3, -0.25) is 14.9 Å². The number of para-hydroxylation sites is 1. The lowest BCUT2D eigenvalue weighted by atomic mass is 9.97. The Morgan fingerprint density at radius 3 is 2.86 bits per heavy atom. The molecule has 0 radical (unpaired) electrons. The van der Waals surface area contributed by atoms with Gasteiger partial charge in [0.25, 0.3) is 5.91 Å². The monoisotopic (exact) mass is 292 g/mol. The van der Waals surface area contributed by atoms with Crippen molar-refractivity contribution in [1.82, 2.24) is 10.6 Å². The molecule has 0 spiro atoms. The minimum atomic E-state index is -0.681. The summed E-state index contributed by atoms with van der Waals surface area (Å²) in [6.45, 7) is -0.280. The zero-order chi connectivity index (χ0) is 15.2. The van der Waals surface area contributed by atoms with Crippen LogP contribution in [0, 0.1) is 5.92 Å². The molecule has 21 heavy (non-hydrogen) atoms. The number of hydrogen-bond acceptors (Lipinski definition) is 5. The summed E-state index contributed by atoms with van der Waals surface area (Å²) in [7, 11) is 1.38. The normalized spacial score (nSPS) is 16.1. The van der Waals surface area contributed by atoms with Gasteiger partial charge in [-0.25, -0.2) is 4.79 Å². The first kappa shape index (κ1) is 14.8. The molecule has 7 nitrogen and oxygen atoms in total. The van der Waals surface area contributed by atoms with Crippen molar-refractivity contribution >= 4 is 17.9 Å².